The third-order valence-corrected chi connectivity index (χ3v) is 9.93. The Kier molecular flexibility index (Phi) is 6.51. The van der Waals surface area contributed by atoms with Gasteiger partial charge in [-0.2, -0.15) is 0 Å². The molecule has 0 bridgehead atoms. The van der Waals surface area contributed by atoms with Crippen LogP contribution in [0.2, 0.25) is 0 Å². The number of fused-ring (bicyclic) bond motifs is 7. The summed E-state index contributed by atoms with van der Waals surface area (Å²) in [6, 6.07) is 0. The zero-order chi connectivity index (χ0) is 26.8. The van der Waals surface area contributed by atoms with Crippen molar-refractivity contribution in [1.82, 2.24) is 0 Å². The van der Waals surface area contributed by atoms with Crippen molar-refractivity contribution in [2.24, 2.45) is 28.6 Å². The maximum absolute atomic E-state index is 13.9. The van der Waals surface area contributed by atoms with E-state index < -0.39 is 40.9 Å². The SMILES string of the molecule is CCC[C@@H]1O[C@@H]2C[C@H]3[C@@H]4CCC5=CC(=O)C=C[C@]5(C)[C@@H]4[C@H](OC(C)=O)C[C@]3(C)[C@]2(C(=O)COC(C)=O)O1. The first kappa shape index (κ1) is 26.3. The van der Waals surface area contributed by atoms with Gasteiger partial charge in [0.05, 0.1) is 6.10 Å². The van der Waals surface area contributed by atoms with E-state index >= 15 is 0 Å². The summed E-state index contributed by atoms with van der Waals surface area (Å²) in [4.78, 5) is 50.1. The van der Waals surface area contributed by atoms with Crippen molar-refractivity contribution in [2.45, 2.75) is 97.2 Å². The van der Waals surface area contributed by atoms with Crippen LogP contribution in [-0.2, 0) is 38.1 Å². The number of ketones is 2. The highest BCUT2D eigenvalue weighted by Gasteiger charge is 2.76. The van der Waals surface area contributed by atoms with E-state index in [0.717, 1.165) is 24.8 Å². The van der Waals surface area contributed by atoms with Gasteiger partial charge in [-0.1, -0.05) is 38.8 Å². The smallest absolute Gasteiger partial charge is 0.303 e. The number of rotatable bonds is 6. The fraction of sp³-hybridized carbons (Fsp3) is 0.724. The fourth-order valence-electron chi connectivity index (χ4n) is 8.57. The van der Waals surface area contributed by atoms with E-state index in [-0.39, 0.29) is 41.9 Å². The minimum absolute atomic E-state index is 0.00945. The molecule has 9 atom stereocenters. The summed E-state index contributed by atoms with van der Waals surface area (Å²) >= 11 is 0. The van der Waals surface area contributed by atoms with Gasteiger partial charge >= 0.3 is 11.9 Å². The average Bonchev–Trinajstić information content (AvgIpc) is 3.29. The van der Waals surface area contributed by atoms with Crippen molar-refractivity contribution >= 4 is 23.5 Å². The van der Waals surface area contributed by atoms with Gasteiger partial charge in [-0.25, -0.2) is 0 Å². The molecule has 0 aromatic rings. The zero-order valence-electron chi connectivity index (χ0n) is 22.4. The van der Waals surface area contributed by atoms with Crippen LogP contribution in [0.4, 0.5) is 0 Å². The molecule has 0 spiro atoms. The molecule has 202 valence electrons. The van der Waals surface area contributed by atoms with Crippen molar-refractivity contribution in [3.8, 4) is 0 Å². The largest absolute Gasteiger partial charge is 0.462 e. The lowest BCUT2D eigenvalue weighted by Gasteiger charge is -2.60. The molecule has 1 aliphatic heterocycles. The second-order valence-electron chi connectivity index (χ2n) is 11.9. The number of carbonyl (C=O) groups excluding carboxylic acids is 4. The van der Waals surface area contributed by atoms with Gasteiger partial charge in [0.2, 0.25) is 5.78 Å². The minimum atomic E-state index is -1.29. The van der Waals surface area contributed by atoms with Crippen molar-refractivity contribution in [3.63, 3.8) is 0 Å². The molecule has 5 aliphatic rings. The maximum Gasteiger partial charge on any atom is 0.303 e. The summed E-state index contributed by atoms with van der Waals surface area (Å²) in [7, 11) is 0. The lowest BCUT2D eigenvalue weighted by molar-refractivity contribution is -0.208. The Labute approximate surface area is 218 Å². The van der Waals surface area contributed by atoms with E-state index in [2.05, 4.69) is 13.8 Å². The Morgan fingerprint density at radius 3 is 2.59 bits per heavy atom. The number of hydrogen-bond acceptors (Lipinski definition) is 8. The first-order chi connectivity index (χ1) is 17.5. The summed E-state index contributed by atoms with van der Waals surface area (Å²) in [5, 5.41) is 0. The molecule has 1 saturated heterocycles. The van der Waals surface area contributed by atoms with Crippen LogP contribution in [0.25, 0.3) is 0 Å². The van der Waals surface area contributed by atoms with E-state index in [1.165, 1.54) is 13.8 Å². The maximum atomic E-state index is 13.9. The van der Waals surface area contributed by atoms with Gasteiger partial charge < -0.3 is 18.9 Å². The third kappa shape index (κ3) is 3.85. The number of esters is 2. The molecule has 0 aromatic carbocycles. The van der Waals surface area contributed by atoms with Crippen molar-refractivity contribution in [2.75, 3.05) is 6.61 Å². The van der Waals surface area contributed by atoms with Gasteiger partial charge in [0.1, 0.15) is 6.10 Å². The highest BCUT2D eigenvalue weighted by atomic mass is 16.7. The second kappa shape index (κ2) is 9.16. The van der Waals surface area contributed by atoms with Crippen LogP contribution < -0.4 is 0 Å². The molecule has 0 radical (unpaired) electrons. The van der Waals surface area contributed by atoms with E-state index in [1.807, 2.05) is 13.0 Å². The summed E-state index contributed by atoms with van der Waals surface area (Å²) in [6.45, 7) is 8.57. The zero-order valence-corrected chi connectivity index (χ0v) is 22.4. The summed E-state index contributed by atoms with van der Waals surface area (Å²) in [5.41, 5.74) is -1.32. The molecule has 4 aliphatic carbocycles. The number of carbonyl (C=O) groups is 4. The highest BCUT2D eigenvalue weighted by Crippen LogP contribution is 2.70. The third-order valence-electron chi connectivity index (χ3n) is 9.93. The topological polar surface area (TPSA) is 105 Å². The van der Waals surface area contributed by atoms with Gasteiger partial charge in [-0.15, -0.1) is 0 Å². The Hall–Kier alpha value is -2.32. The number of ether oxygens (including phenoxy) is 4. The Morgan fingerprint density at radius 2 is 1.92 bits per heavy atom. The van der Waals surface area contributed by atoms with Gasteiger partial charge in [0, 0.05) is 30.6 Å². The number of Topliss-reactive ketones (excluding diaryl/α,β-unsaturated/α-hetero) is 1. The summed E-state index contributed by atoms with van der Waals surface area (Å²) < 4.78 is 24.2. The summed E-state index contributed by atoms with van der Waals surface area (Å²) in [5.74, 6) is -1.03. The van der Waals surface area contributed by atoms with E-state index in [4.69, 9.17) is 18.9 Å². The lowest BCUT2D eigenvalue weighted by atomic mass is 9.46. The lowest BCUT2D eigenvalue weighted by Crippen LogP contribution is -2.64. The molecular formula is C29H38O8. The average molecular weight is 515 g/mol. The van der Waals surface area contributed by atoms with E-state index in [9.17, 15) is 19.2 Å². The van der Waals surface area contributed by atoms with Gasteiger partial charge in [-0.3, -0.25) is 19.2 Å². The molecule has 4 fully saturated rings. The molecule has 5 rings (SSSR count). The van der Waals surface area contributed by atoms with Crippen LogP contribution >= 0.6 is 0 Å². The Morgan fingerprint density at radius 1 is 1.16 bits per heavy atom. The van der Waals surface area contributed by atoms with Crippen LogP contribution in [0.15, 0.2) is 23.8 Å². The van der Waals surface area contributed by atoms with Crippen LogP contribution in [0, 0.1) is 28.6 Å². The quantitative estimate of drug-likeness (QED) is 0.492. The minimum Gasteiger partial charge on any atom is -0.462 e. The molecule has 0 aromatic heterocycles. The summed E-state index contributed by atoms with van der Waals surface area (Å²) in [6.07, 6.45) is 8.07. The normalized spacial score (nSPS) is 43.7. The second-order valence-corrected chi connectivity index (χ2v) is 11.9. The molecule has 1 heterocycles. The van der Waals surface area contributed by atoms with Crippen molar-refractivity contribution in [3.05, 3.63) is 23.8 Å². The molecular weight excluding hydrogens is 476 g/mol. The van der Waals surface area contributed by atoms with Crippen LogP contribution in [0.3, 0.4) is 0 Å². The van der Waals surface area contributed by atoms with Crippen molar-refractivity contribution in [1.29, 1.82) is 0 Å². The molecule has 8 nitrogen and oxygen atoms in total. The van der Waals surface area contributed by atoms with E-state index in [1.54, 1.807) is 12.2 Å². The Bertz CT molecular complexity index is 1080. The molecule has 37 heavy (non-hydrogen) atoms. The van der Waals surface area contributed by atoms with Crippen LogP contribution in [0.5, 0.6) is 0 Å². The molecule has 3 saturated carbocycles. The van der Waals surface area contributed by atoms with Gasteiger partial charge in [-0.05, 0) is 56.1 Å². The first-order valence-electron chi connectivity index (χ1n) is 13.6. The van der Waals surface area contributed by atoms with E-state index in [0.29, 0.717) is 19.3 Å². The van der Waals surface area contributed by atoms with Gasteiger partial charge in [0.25, 0.3) is 0 Å². The predicted molar refractivity (Wildman–Crippen MR) is 132 cm³/mol. The molecule has 8 heteroatoms. The predicted octanol–water partition coefficient (Wildman–Crippen LogP) is 3.86. The van der Waals surface area contributed by atoms with Crippen molar-refractivity contribution < 1.29 is 38.1 Å². The monoisotopic (exact) mass is 514 g/mol. The van der Waals surface area contributed by atoms with Gasteiger partial charge in [0.15, 0.2) is 24.3 Å². The Balaban J connectivity index is 1.59. The highest BCUT2D eigenvalue weighted by molar-refractivity contribution is 6.01. The number of allylic oxidation sites excluding steroid dienone is 4. The first-order valence-corrected chi connectivity index (χ1v) is 13.6. The van der Waals surface area contributed by atoms with Crippen LogP contribution in [-0.4, -0.2) is 54.2 Å². The molecule has 0 amide bonds. The standard InChI is InChI=1S/C29H38O8/c1-6-7-25-36-24-13-21-20-9-8-18-12-19(32)10-11-27(18,4)26(20)22(35-17(3)31)14-28(21,5)29(24,37-25)23(33)15-34-16(2)30/h10-12,20-22,24-26H,6-9,13-15H2,1-5H3/t20-,21-,22+,24+,25+,26-,27-,28-,29+/m0/s1. The number of hydrogen-bond donors (Lipinski definition) is 0. The fourth-order valence-corrected chi connectivity index (χ4v) is 8.57. The molecule has 0 N–H and O–H groups in total. The van der Waals surface area contributed by atoms with Crippen LogP contribution in [0.1, 0.15) is 73.1 Å². The molecule has 0 unspecified atom stereocenters.